The predicted molar refractivity (Wildman–Crippen MR) is 73.9 cm³/mol. The Morgan fingerprint density at radius 3 is 2.74 bits per heavy atom. The first-order valence-electron chi connectivity index (χ1n) is 5.48. The molecule has 0 radical (unpaired) electrons. The third kappa shape index (κ3) is 3.34. The number of nitro groups is 1. The van der Waals surface area contributed by atoms with Crippen LogP contribution in [0.1, 0.15) is 16.8 Å². The van der Waals surface area contributed by atoms with Crippen molar-refractivity contribution < 1.29 is 9.72 Å². The molecule has 1 aliphatic rings. The van der Waals surface area contributed by atoms with Crippen molar-refractivity contribution >= 4 is 35.6 Å². The summed E-state index contributed by atoms with van der Waals surface area (Å²) in [5, 5.41) is 11.1. The number of benzene rings is 1. The van der Waals surface area contributed by atoms with Gasteiger partial charge in [0.2, 0.25) is 0 Å². The zero-order valence-corrected chi connectivity index (χ0v) is 11.5. The van der Waals surface area contributed by atoms with Crippen LogP contribution in [0.5, 0.6) is 0 Å². The highest BCUT2D eigenvalue weighted by Gasteiger charge is 2.29. The molecule has 1 aliphatic heterocycles. The Balaban J connectivity index is 0.00000180. The van der Waals surface area contributed by atoms with Gasteiger partial charge in [0.15, 0.2) is 0 Å². The molecule has 1 atom stereocenters. The van der Waals surface area contributed by atoms with Gasteiger partial charge >= 0.3 is 0 Å². The summed E-state index contributed by atoms with van der Waals surface area (Å²) in [4.78, 5) is 24.0. The fourth-order valence-electron chi connectivity index (χ4n) is 1.98. The lowest BCUT2D eigenvalue weighted by molar-refractivity contribution is -0.385. The van der Waals surface area contributed by atoms with E-state index in [1.807, 2.05) is 0 Å². The van der Waals surface area contributed by atoms with E-state index in [1.54, 1.807) is 0 Å². The Labute approximate surface area is 121 Å². The molecule has 1 heterocycles. The lowest BCUT2D eigenvalue weighted by atomic mass is 10.1. The maximum Gasteiger partial charge on any atom is 0.283 e. The zero-order valence-electron chi connectivity index (χ0n) is 9.91. The van der Waals surface area contributed by atoms with Crippen LogP contribution in [0.2, 0.25) is 5.02 Å². The minimum absolute atomic E-state index is 0. The van der Waals surface area contributed by atoms with E-state index in [9.17, 15) is 14.9 Å². The zero-order chi connectivity index (χ0) is 13.3. The number of carbonyl (C=O) groups is 1. The smallest absolute Gasteiger partial charge is 0.283 e. The summed E-state index contributed by atoms with van der Waals surface area (Å²) in [6, 6.07) is 3.98. The molecule has 19 heavy (non-hydrogen) atoms. The molecular formula is C11H13Cl2N3O3. The number of rotatable bonds is 2. The Kier molecular flexibility index (Phi) is 5.11. The first kappa shape index (κ1) is 15.7. The van der Waals surface area contributed by atoms with Crippen molar-refractivity contribution in [3.63, 3.8) is 0 Å². The van der Waals surface area contributed by atoms with Gasteiger partial charge in [-0.1, -0.05) is 11.6 Å². The number of hydrogen-bond donors (Lipinski definition) is 1. The second kappa shape index (κ2) is 6.18. The Bertz CT molecular complexity index is 510. The lowest BCUT2D eigenvalue weighted by Crippen LogP contribution is -2.32. The topological polar surface area (TPSA) is 89.5 Å². The minimum Gasteiger partial charge on any atom is -0.337 e. The molecule has 1 fully saturated rings. The highest BCUT2D eigenvalue weighted by molar-refractivity contribution is 6.31. The first-order chi connectivity index (χ1) is 8.49. The molecule has 0 unspecified atom stereocenters. The molecule has 0 saturated carbocycles. The van der Waals surface area contributed by atoms with Crippen LogP contribution >= 0.6 is 24.0 Å². The number of nitrogens with two attached hydrogens (primary N) is 1. The molecule has 1 aromatic carbocycles. The number of likely N-dealkylation sites (tertiary alicyclic amines) is 1. The third-order valence-corrected chi connectivity index (χ3v) is 3.13. The van der Waals surface area contributed by atoms with Gasteiger partial charge in [-0.3, -0.25) is 14.9 Å². The molecule has 2 N–H and O–H groups in total. The Hall–Kier alpha value is -1.37. The van der Waals surface area contributed by atoms with Gasteiger partial charge in [0.05, 0.1) is 4.92 Å². The molecule has 0 aliphatic carbocycles. The summed E-state index contributed by atoms with van der Waals surface area (Å²) in [6.07, 6.45) is 0.715. The van der Waals surface area contributed by atoms with Crippen molar-refractivity contribution in [1.29, 1.82) is 0 Å². The van der Waals surface area contributed by atoms with Crippen molar-refractivity contribution in [3.8, 4) is 0 Å². The predicted octanol–water partition coefficient (Wildman–Crippen LogP) is 1.84. The van der Waals surface area contributed by atoms with E-state index in [0.717, 1.165) is 0 Å². The highest BCUT2D eigenvalue weighted by Crippen LogP contribution is 2.25. The van der Waals surface area contributed by atoms with E-state index in [0.29, 0.717) is 19.5 Å². The summed E-state index contributed by atoms with van der Waals surface area (Å²) in [5.41, 5.74) is 5.50. The molecular weight excluding hydrogens is 293 g/mol. The van der Waals surface area contributed by atoms with E-state index >= 15 is 0 Å². The summed E-state index contributed by atoms with van der Waals surface area (Å²) in [6.45, 7) is 0.957. The molecule has 6 nitrogen and oxygen atoms in total. The van der Waals surface area contributed by atoms with Crippen molar-refractivity contribution in [2.24, 2.45) is 5.73 Å². The quantitative estimate of drug-likeness (QED) is 0.667. The first-order valence-corrected chi connectivity index (χ1v) is 5.85. The summed E-state index contributed by atoms with van der Waals surface area (Å²) < 4.78 is 0. The summed E-state index contributed by atoms with van der Waals surface area (Å²) in [7, 11) is 0. The van der Waals surface area contributed by atoms with Gasteiger partial charge in [-0.2, -0.15) is 0 Å². The van der Waals surface area contributed by atoms with Gasteiger partial charge in [-0.15, -0.1) is 12.4 Å². The molecule has 0 spiro atoms. The van der Waals surface area contributed by atoms with Crippen molar-refractivity contribution in [3.05, 3.63) is 38.9 Å². The van der Waals surface area contributed by atoms with Crippen LogP contribution in [0.15, 0.2) is 18.2 Å². The monoisotopic (exact) mass is 305 g/mol. The normalized spacial score (nSPS) is 18.0. The molecule has 0 aromatic heterocycles. The van der Waals surface area contributed by atoms with Crippen LogP contribution in [0.4, 0.5) is 5.69 Å². The Morgan fingerprint density at radius 2 is 2.21 bits per heavy atom. The number of hydrogen-bond acceptors (Lipinski definition) is 4. The van der Waals surface area contributed by atoms with E-state index in [2.05, 4.69) is 0 Å². The average molecular weight is 306 g/mol. The largest absolute Gasteiger partial charge is 0.337 e. The maximum absolute atomic E-state index is 12.2. The standard InChI is InChI=1S/C11H12ClN3O3.ClH/c12-7-1-2-9(10(5-7)15(17)18)11(16)14-4-3-8(13)6-14;/h1-2,5,8H,3-4,6,13H2;1H/t8-;/m1./s1. The van der Waals surface area contributed by atoms with Crippen molar-refractivity contribution in [2.45, 2.75) is 12.5 Å². The van der Waals surface area contributed by atoms with Crippen LogP contribution in [0.25, 0.3) is 0 Å². The van der Waals surface area contributed by atoms with E-state index in [4.69, 9.17) is 17.3 Å². The fourth-order valence-corrected chi connectivity index (χ4v) is 2.15. The van der Waals surface area contributed by atoms with Crippen LogP contribution in [0, 0.1) is 10.1 Å². The summed E-state index contributed by atoms with van der Waals surface area (Å²) >= 11 is 5.70. The van der Waals surface area contributed by atoms with Gasteiger partial charge < -0.3 is 10.6 Å². The van der Waals surface area contributed by atoms with Gasteiger partial charge in [0, 0.05) is 30.2 Å². The number of amides is 1. The molecule has 8 heteroatoms. The number of nitrogens with zero attached hydrogens (tertiary/aromatic N) is 2. The third-order valence-electron chi connectivity index (χ3n) is 2.90. The molecule has 0 bridgehead atoms. The van der Waals surface area contributed by atoms with Gasteiger partial charge in [0.1, 0.15) is 5.56 Å². The number of nitro benzene ring substituents is 1. The summed E-state index contributed by atoms with van der Waals surface area (Å²) in [5.74, 6) is -0.369. The average Bonchev–Trinajstić information content (AvgIpc) is 2.75. The maximum atomic E-state index is 12.2. The van der Waals surface area contributed by atoms with E-state index < -0.39 is 4.92 Å². The second-order valence-corrected chi connectivity index (χ2v) is 4.65. The van der Waals surface area contributed by atoms with E-state index in [-0.39, 0.29) is 40.6 Å². The van der Waals surface area contributed by atoms with Crippen LogP contribution in [0.3, 0.4) is 0 Å². The van der Waals surface area contributed by atoms with Gasteiger partial charge in [0.25, 0.3) is 11.6 Å². The van der Waals surface area contributed by atoms with Crippen LogP contribution < -0.4 is 5.73 Å². The Morgan fingerprint density at radius 1 is 1.53 bits per heavy atom. The van der Waals surface area contributed by atoms with Crippen molar-refractivity contribution in [1.82, 2.24) is 4.90 Å². The molecule has 1 amide bonds. The van der Waals surface area contributed by atoms with E-state index in [1.165, 1.54) is 23.1 Å². The highest BCUT2D eigenvalue weighted by atomic mass is 35.5. The van der Waals surface area contributed by atoms with Crippen LogP contribution in [-0.2, 0) is 0 Å². The SMILES string of the molecule is Cl.N[C@@H]1CCN(C(=O)c2ccc(Cl)cc2[N+](=O)[O-])C1. The fraction of sp³-hybridized carbons (Fsp3) is 0.364. The number of carbonyl (C=O) groups excluding carboxylic acids is 1. The second-order valence-electron chi connectivity index (χ2n) is 4.22. The van der Waals surface area contributed by atoms with Crippen molar-refractivity contribution in [2.75, 3.05) is 13.1 Å². The van der Waals surface area contributed by atoms with Gasteiger partial charge in [-0.25, -0.2) is 0 Å². The number of halogens is 2. The minimum atomic E-state index is -0.602. The lowest BCUT2D eigenvalue weighted by Gasteiger charge is -2.15. The molecule has 1 saturated heterocycles. The van der Waals surface area contributed by atoms with Gasteiger partial charge in [-0.05, 0) is 18.6 Å². The molecule has 104 valence electrons. The van der Waals surface area contributed by atoms with Crippen LogP contribution in [-0.4, -0.2) is 34.9 Å². The molecule has 1 aromatic rings. The molecule has 2 rings (SSSR count).